The molecular formula is C7H10O4. The van der Waals surface area contributed by atoms with Gasteiger partial charge in [0, 0.05) is 0 Å². The molecule has 0 aromatic rings. The Morgan fingerprint density at radius 2 is 2.45 bits per heavy atom. The highest BCUT2D eigenvalue weighted by atomic mass is 16.5. The molecule has 1 saturated heterocycles. The first-order chi connectivity index (χ1) is 5.16. The van der Waals surface area contributed by atoms with Crippen molar-refractivity contribution in [1.82, 2.24) is 0 Å². The lowest BCUT2D eigenvalue weighted by atomic mass is 9.93. The SMILES string of the molecule is CCC1C(=O)OCC1C(=O)O. The molecule has 0 saturated carbocycles. The molecule has 4 nitrogen and oxygen atoms in total. The molecule has 1 aliphatic rings. The van der Waals surface area contributed by atoms with Crippen LogP contribution in [0.4, 0.5) is 0 Å². The summed E-state index contributed by atoms with van der Waals surface area (Å²) in [5.41, 5.74) is 0. The summed E-state index contributed by atoms with van der Waals surface area (Å²) in [6.07, 6.45) is 0.538. The number of cyclic esters (lactones) is 1. The summed E-state index contributed by atoms with van der Waals surface area (Å²) in [7, 11) is 0. The molecule has 62 valence electrons. The van der Waals surface area contributed by atoms with Gasteiger partial charge in [0.25, 0.3) is 0 Å². The molecule has 2 unspecified atom stereocenters. The number of hydrogen-bond donors (Lipinski definition) is 1. The minimum absolute atomic E-state index is 0.0344. The normalized spacial score (nSPS) is 30.1. The third-order valence-electron chi connectivity index (χ3n) is 1.95. The second-order valence-corrected chi connectivity index (χ2v) is 2.59. The van der Waals surface area contributed by atoms with Gasteiger partial charge in [0.05, 0.1) is 5.92 Å². The Labute approximate surface area is 64.2 Å². The number of rotatable bonds is 2. The number of carbonyl (C=O) groups excluding carboxylic acids is 1. The maximum atomic E-state index is 10.8. The summed E-state index contributed by atoms with van der Waals surface area (Å²) in [4.78, 5) is 21.3. The van der Waals surface area contributed by atoms with Crippen molar-refractivity contribution in [2.24, 2.45) is 11.8 Å². The Hall–Kier alpha value is -1.06. The van der Waals surface area contributed by atoms with Crippen LogP contribution in [0.25, 0.3) is 0 Å². The average Bonchev–Trinajstić information content (AvgIpc) is 2.30. The molecule has 0 radical (unpaired) electrons. The Balaban J connectivity index is 2.68. The molecule has 0 spiro atoms. The van der Waals surface area contributed by atoms with E-state index in [4.69, 9.17) is 5.11 Å². The van der Waals surface area contributed by atoms with Crippen LogP contribution in [-0.4, -0.2) is 23.7 Å². The molecule has 0 amide bonds. The number of carbonyl (C=O) groups is 2. The fraction of sp³-hybridized carbons (Fsp3) is 0.714. The van der Waals surface area contributed by atoms with Crippen LogP contribution >= 0.6 is 0 Å². The standard InChI is InChI=1S/C7H10O4/c1-2-4-5(6(8)9)3-11-7(4)10/h4-5H,2-3H2,1H3,(H,8,9). The Morgan fingerprint density at radius 1 is 1.82 bits per heavy atom. The van der Waals surface area contributed by atoms with E-state index in [0.29, 0.717) is 6.42 Å². The lowest BCUT2D eigenvalue weighted by Gasteiger charge is -2.06. The summed E-state index contributed by atoms with van der Waals surface area (Å²) in [6.45, 7) is 1.82. The van der Waals surface area contributed by atoms with E-state index in [2.05, 4.69) is 4.74 Å². The molecule has 11 heavy (non-hydrogen) atoms. The molecule has 1 heterocycles. The summed E-state index contributed by atoms with van der Waals surface area (Å²) >= 11 is 0. The van der Waals surface area contributed by atoms with Gasteiger partial charge in [-0.25, -0.2) is 0 Å². The van der Waals surface area contributed by atoms with E-state index in [1.54, 1.807) is 6.92 Å². The van der Waals surface area contributed by atoms with Crippen molar-refractivity contribution in [3.63, 3.8) is 0 Å². The van der Waals surface area contributed by atoms with E-state index in [1.807, 2.05) is 0 Å². The number of carboxylic acid groups (broad SMARTS) is 1. The molecule has 0 aliphatic carbocycles. The molecule has 1 rings (SSSR count). The van der Waals surface area contributed by atoms with Gasteiger partial charge in [-0.2, -0.15) is 0 Å². The predicted octanol–water partition coefficient (Wildman–Crippen LogP) is 0.270. The monoisotopic (exact) mass is 158 g/mol. The van der Waals surface area contributed by atoms with Gasteiger partial charge < -0.3 is 9.84 Å². The number of carboxylic acids is 1. The maximum absolute atomic E-state index is 10.8. The highest BCUT2D eigenvalue weighted by Crippen LogP contribution is 2.24. The summed E-state index contributed by atoms with van der Waals surface area (Å²) in [5.74, 6) is -2.39. The molecule has 2 atom stereocenters. The minimum atomic E-state index is -0.942. The molecule has 1 N–H and O–H groups in total. The minimum Gasteiger partial charge on any atom is -0.481 e. The molecule has 1 fully saturated rings. The lowest BCUT2D eigenvalue weighted by Crippen LogP contribution is -2.22. The van der Waals surface area contributed by atoms with Crippen LogP contribution in [0.15, 0.2) is 0 Å². The molecule has 4 heteroatoms. The number of aliphatic carboxylic acids is 1. The van der Waals surface area contributed by atoms with Crippen LogP contribution < -0.4 is 0 Å². The van der Waals surface area contributed by atoms with Crippen molar-refractivity contribution >= 4 is 11.9 Å². The third kappa shape index (κ3) is 1.34. The zero-order valence-electron chi connectivity index (χ0n) is 6.24. The molecule has 0 bridgehead atoms. The largest absolute Gasteiger partial charge is 0.481 e. The van der Waals surface area contributed by atoms with Crippen molar-refractivity contribution in [3.8, 4) is 0 Å². The topological polar surface area (TPSA) is 63.6 Å². The zero-order valence-corrected chi connectivity index (χ0v) is 6.24. The van der Waals surface area contributed by atoms with Crippen LogP contribution in [0.5, 0.6) is 0 Å². The quantitative estimate of drug-likeness (QED) is 0.586. The van der Waals surface area contributed by atoms with E-state index in [0.717, 1.165) is 0 Å². The van der Waals surface area contributed by atoms with Gasteiger partial charge in [-0.3, -0.25) is 9.59 Å². The van der Waals surface area contributed by atoms with Crippen molar-refractivity contribution in [1.29, 1.82) is 0 Å². The van der Waals surface area contributed by atoms with Gasteiger partial charge in [0.15, 0.2) is 0 Å². The Bertz CT molecular complexity index is 187. The van der Waals surface area contributed by atoms with E-state index >= 15 is 0 Å². The zero-order chi connectivity index (χ0) is 8.43. The Kier molecular flexibility index (Phi) is 2.12. The van der Waals surface area contributed by atoms with Crippen molar-refractivity contribution in [2.45, 2.75) is 13.3 Å². The molecule has 1 aliphatic heterocycles. The fourth-order valence-electron chi connectivity index (χ4n) is 1.25. The lowest BCUT2D eigenvalue weighted by molar-refractivity contribution is -0.144. The van der Waals surface area contributed by atoms with Crippen LogP contribution in [-0.2, 0) is 14.3 Å². The average molecular weight is 158 g/mol. The number of hydrogen-bond acceptors (Lipinski definition) is 3. The van der Waals surface area contributed by atoms with Crippen LogP contribution in [0.2, 0.25) is 0 Å². The third-order valence-corrected chi connectivity index (χ3v) is 1.95. The summed E-state index contributed by atoms with van der Waals surface area (Å²) < 4.78 is 4.61. The van der Waals surface area contributed by atoms with Crippen LogP contribution in [0.1, 0.15) is 13.3 Å². The highest BCUT2D eigenvalue weighted by Gasteiger charge is 2.40. The van der Waals surface area contributed by atoms with E-state index in [1.165, 1.54) is 0 Å². The first-order valence-corrected chi connectivity index (χ1v) is 3.56. The van der Waals surface area contributed by atoms with Gasteiger partial charge in [0.1, 0.15) is 12.5 Å². The van der Waals surface area contributed by atoms with Gasteiger partial charge in [-0.05, 0) is 6.42 Å². The van der Waals surface area contributed by atoms with Crippen molar-refractivity contribution in [3.05, 3.63) is 0 Å². The van der Waals surface area contributed by atoms with E-state index < -0.39 is 17.8 Å². The fourth-order valence-corrected chi connectivity index (χ4v) is 1.25. The maximum Gasteiger partial charge on any atom is 0.310 e. The highest BCUT2D eigenvalue weighted by molar-refractivity contribution is 5.83. The van der Waals surface area contributed by atoms with Gasteiger partial charge in [-0.1, -0.05) is 6.92 Å². The molecular weight excluding hydrogens is 148 g/mol. The van der Waals surface area contributed by atoms with Crippen molar-refractivity contribution < 1.29 is 19.4 Å². The smallest absolute Gasteiger partial charge is 0.310 e. The molecule has 0 aromatic carbocycles. The number of ether oxygens (including phenoxy) is 1. The second-order valence-electron chi connectivity index (χ2n) is 2.59. The molecule has 0 aromatic heterocycles. The van der Waals surface area contributed by atoms with Gasteiger partial charge in [0.2, 0.25) is 0 Å². The Morgan fingerprint density at radius 3 is 2.82 bits per heavy atom. The summed E-state index contributed by atoms with van der Waals surface area (Å²) in [5, 5.41) is 8.60. The van der Waals surface area contributed by atoms with Crippen LogP contribution in [0, 0.1) is 11.8 Å². The first-order valence-electron chi connectivity index (χ1n) is 3.56. The first kappa shape index (κ1) is 8.04. The predicted molar refractivity (Wildman–Crippen MR) is 35.9 cm³/mol. The van der Waals surface area contributed by atoms with Crippen molar-refractivity contribution in [2.75, 3.05) is 6.61 Å². The summed E-state index contributed by atoms with van der Waals surface area (Å²) in [6, 6.07) is 0. The van der Waals surface area contributed by atoms with Crippen LogP contribution in [0.3, 0.4) is 0 Å². The van der Waals surface area contributed by atoms with E-state index in [9.17, 15) is 9.59 Å². The van der Waals surface area contributed by atoms with Gasteiger partial charge >= 0.3 is 11.9 Å². The van der Waals surface area contributed by atoms with E-state index in [-0.39, 0.29) is 12.6 Å². The second kappa shape index (κ2) is 2.90. The number of esters is 1. The van der Waals surface area contributed by atoms with Gasteiger partial charge in [-0.15, -0.1) is 0 Å².